The number of anilines is 1. The van der Waals surface area contributed by atoms with Crippen LogP contribution in [0.4, 0.5) is 10.1 Å². The average molecular weight is 308 g/mol. The van der Waals surface area contributed by atoms with Gasteiger partial charge in [0.15, 0.2) is 0 Å². The fourth-order valence-corrected chi connectivity index (χ4v) is 2.61. The highest BCUT2D eigenvalue weighted by atomic mass is 19.1. The van der Waals surface area contributed by atoms with Crippen LogP contribution in [0.2, 0.25) is 0 Å². The highest BCUT2D eigenvalue weighted by molar-refractivity contribution is 6.07. The molecule has 0 radical (unpaired) electrons. The van der Waals surface area contributed by atoms with Crippen LogP contribution in [0.25, 0.3) is 10.9 Å². The molecule has 1 amide bonds. The zero-order chi connectivity index (χ0) is 16.4. The number of nitrogens with zero attached hydrogens (tertiary/aromatic N) is 1. The Hall–Kier alpha value is -2.75. The van der Waals surface area contributed by atoms with Gasteiger partial charge in [0, 0.05) is 11.1 Å². The predicted molar refractivity (Wildman–Crippen MR) is 90.2 cm³/mol. The molecule has 3 rings (SSSR count). The molecular formula is C19H17FN2O. The SMILES string of the molecule is CCc1ccccc1NC(=O)c1cc2cc(F)ccc2nc1C. The second-order valence-electron chi connectivity index (χ2n) is 5.42. The Kier molecular flexibility index (Phi) is 4.06. The molecule has 23 heavy (non-hydrogen) atoms. The van der Waals surface area contributed by atoms with Crippen molar-refractivity contribution >= 4 is 22.5 Å². The minimum absolute atomic E-state index is 0.234. The summed E-state index contributed by atoms with van der Waals surface area (Å²) in [6.07, 6.45) is 0.830. The standard InChI is InChI=1S/C19H17FN2O/c1-3-13-6-4-5-7-17(13)22-19(23)16-11-14-10-15(20)8-9-18(14)21-12(16)2/h4-11H,3H2,1-2H3,(H,22,23). The lowest BCUT2D eigenvalue weighted by Gasteiger charge is -2.11. The number of rotatable bonds is 3. The normalized spacial score (nSPS) is 10.7. The van der Waals surface area contributed by atoms with Gasteiger partial charge in [-0.15, -0.1) is 0 Å². The maximum atomic E-state index is 13.4. The molecule has 0 aliphatic carbocycles. The van der Waals surface area contributed by atoms with Gasteiger partial charge in [-0.25, -0.2) is 4.39 Å². The summed E-state index contributed by atoms with van der Waals surface area (Å²) in [6.45, 7) is 3.82. The van der Waals surface area contributed by atoms with Crippen molar-refractivity contribution in [2.75, 3.05) is 5.32 Å². The third-order valence-electron chi connectivity index (χ3n) is 3.86. The molecule has 4 heteroatoms. The van der Waals surface area contributed by atoms with Crippen molar-refractivity contribution in [3.05, 3.63) is 71.2 Å². The molecule has 0 fully saturated rings. The lowest BCUT2D eigenvalue weighted by Crippen LogP contribution is -2.15. The van der Waals surface area contributed by atoms with Gasteiger partial charge in [-0.3, -0.25) is 9.78 Å². The van der Waals surface area contributed by atoms with Crippen LogP contribution in [0.3, 0.4) is 0 Å². The summed E-state index contributed by atoms with van der Waals surface area (Å²) in [5.74, 6) is -0.576. The Labute approximate surface area is 134 Å². The van der Waals surface area contributed by atoms with Crippen molar-refractivity contribution < 1.29 is 9.18 Å². The highest BCUT2D eigenvalue weighted by Crippen LogP contribution is 2.21. The van der Waals surface area contributed by atoms with E-state index in [0.717, 1.165) is 17.7 Å². The van der Waals surface area contributed by atoms with Crippen LogP contribution in [0.15, 0.2) is 48.5 Å². The number of carbonyl (C=O) groups excluding carboxylic acids is 1. The van der Waals surface area contributed by atoms with Gasteiger partial charge in [-0.1, -0.05) is 25.1 Å². The summed E-state index contributed by atoms with van der Waals surface area (Å²) in [4.78, 5) is 17.0. The van der Waals surface area contributed by atoms with E-state index < -0.39 is 0 Å². The quantitative estimate of drug-likeness (QED) is 0.774. The van der Waals surface area contributed by atoms with Crippen molar-refractivity contribution in [3.8, 4) is 0 Å². The van der Waals surface area contributed by atoms with Gasteiger partial charge < -0.3 is 5.32 Å². The van der Waals surface area contributed by atoms with E-state index in [0.29, 0.717) is 22.2 Å². The Morgan fingerprint density at radius 1 is 1.17 bits per heavy atom. The third kappa shape index (κ3) is 3.06. The first-order valence-electron chi connectivity index (χ1n) is 7.54. The first-order chi connectivity index (χ1) is 11.1. The minimum Gasteiger partial charge on any atom is -0.322 e. The fourth-order valence-electron chi connectivity index (χ4n) is 2.61. The van der Waals surface area contributed by atoms with Crippen molar-refractivity contribution in [2.45, 2.75) is 20.3 Å². The highest BCUT2D eigenvalue weighted by Gasteiger charge is 2.13. The number of para-hydroxylation sites is 1. The number of aryl methyl sites for hydroxylation is 2. The molecule has 1 heterocycles. The predicted octanol–water partition coefficient (Wildman–Crippen LogP) is 4.50. The number of amides is 1. The summed E-state index contributed by atoms with van der Waals surface area (Å²) < 4.78 is 13.4. The Morgan fingerprint density at radius 3 is 2.74 bits per heavy atom. The van der Waals surface area contributed by atoms with E-state index in [1.165, 1.54) is 12.1 Å². The van der Waals surface area contributed by atoms with Gasteiger partial charge in [0.05, 0.1) is 16.8 Å². The fraction of sp³-hybridized carbons (Fsp3) is 0.158. The molecule has 0 unspecified atom stereocenters. The van der Waals surface area contributed by atoms with Crippen LogP contribution < -0.4 is 5.32 Å². The second-order valence-corrected chi connectivity index (χ2v) is 5.42. The van der Waals surface area contributed by atoms with Crippen LogP contribution >= 0.6 is 0 Å². The molecule has 2 aromatic carbocycles. The van der Waals surface area contributed by atoms with Crippen LogP contribution in [0.1, 0.15) is 28.5 Å². The van der Waals surface area contributed by atoms with Crippen molar-refractivity contribution in [3.63, 3.8) is 0 Å². The van der Waals surface area contributed by atoms with E-state index >= 15 is 0 Å². The molecule has 0 atom stereocenters. The van der Waals surface area contributed by atoms with Gasteiger partial charge in [0.2, 0.25) is 0 Å². The van der Waals surface area contributed by atoms with Crippen molar-refractivity contribution in [1.29, 1.82) is 0 Å². The number of pyridine rings is 1. The maximum Gasteiger partial charge on any atom is 0.257 e. The van der Waals surface area contributed by atoms with Crippen LogP contribution in [-0.4, -0.2) is 10.9 Å². The topological polar surface area (TPSA) is 42.0 Å². The van der Waals surface area contributed by atoms with Crippen molar-refractivity contribution in [2.24, 2.45) is 0 Å². The Morgan fingerprint density at radius 2 is 1.96 bits per heavy atom. The average Bonchev–Trinajstić information content (AvgIpc) is 2.55. The molecule has 0 spiro atoms. The maximum absolute atomic E-state index is 13.4. The van der Waals surface area contributed by atoms with Crippen LogP contribution in [0, 0.1) is 12.7 Å². The zero-order valence-electron chi connectivity index (χ0n) is 13.1. The molecule has 3 nitrogen and oxygen atoms in total. The number of aromatic nitrogens is 1. The third-order valence-corrected chi connectivity index (χ3v) is 3.86. The summed E-state index contributed by atoms with van der Waals surface area (Å²) >= 11 is 0. The molecule has 0 aliphatic rings. The second kappa shape index (κ2) is 6.16. The first-order valence-corrected chi connectivity index (χ1v) is 7.54. The van der Waals surface area contributed by atoms with E-state index in [1.54, 1.807) is 19.1 Å². The van der Waals surface area contributed by atoms with Gasteiger partial charge in [0.1, 0.15) is 5.82 Å². The van der Waals surface area contributed by atoms with E-state index in [9.17, 15) is 9.18 Å². The van der Waals surface area contributed by atoms with E-state index in [2.05, 4.69) is 10.3 Å². The smallest absolute Gasteiger partial charge is 0.257 e. The largest absolute Gasteiger partial charge is 0.322 e. The number of carbonyl (C=O) groups is 1. The monoisotopic (exact) mass is 308 g/mol. The van der Waals surface area contributed by atoms with Crippen molar-refractivity contribution in [1.82, 2.24) is 4.98 Å². The Balaban J connectivity index is 1.98. The van der Waals surface area contributed by atoms with Gasteiger partial charge in [-0.2, -0.15) is 0 Å². The number of hydrogen-bond acceptors (Lipinski definition) is 2. The molecule has 0 saturated heterocycles. The first kappa shape index (κ1) is 15.2. The molecule has 1 aromatic heterocycles. The molecule has 3 aromatic rings. The molecule has 0 bridgehead atoms. The number of nitrogens with one attached hydrogen (secondary N) is 1. The molecular weight excluding hydrogens is 291 g/mol. The van der Waals surface area contributed by atoms with E-state index in [1.807, 2.05) is 31.2 Å². The van der Waals surface area contributed by atoms with Crippen LogP contribution in [0.5, 0.6) is 0 Å². The van der Waals surface area contributed by atoms with Crippen LogP contribution in [-0.2, 0) is 6.42 Å². The van der Waals surface area contributed by atoms with E-state index in [-0.39, 0.29) is 11.7 Å². The lowest BCUT2D eigenvalue weighted by atomic mass is 10.1. The summed E-state index contributed by atoms with van der Waals surface area (Å²) in [5, 5.41) is 3.54. The van der Waals surface area contributed by atoms with E-state index in [4.69, 9.17) is 0 Å². The number of hydrogen-bond donors (Lipinski definition) is 1. The summed E-state index contributed by atoms with van der Waals surface area (Å²) in [6, 6.07) is 13.7. The molecule has 116 valence electrons. The number of fused-ring (bicyclic) bond motifs is 1. The molecule has 1 N–H and O–H groups in total. The van der Waals surface area contributed by atoms with Gasteiger partial charge in [0.25, 0.3) is 5.91 Å². The summed E-state index contributed by atoms with van der Waals surface area (Å²) in [5.41, 5.74) is 3.61. The number of halogens is 1. The number of benzene rings is 2. The lowest BCUT2D eigenvalue weighted by molar-refractivity contribution is 0.102. The zero-order valence-corrected chi connectivity index (χ0v) is 13.1. The van der Waals surface area contributed by atoms with Gasteiger partial charge >= 0.3 is 0 Å². The molecule has 0 aliphatic heterocycles. The van der Waals surface area contributed by atoms with Gasteiger partial charge in [-0.05, 0) is 49.2 Å². The Bertz CT molecular complexity index is 890. The molecule has 0 saturated carbocycles. The minimum atomic E-state index is -0.342. The summed E-state index contributed by atoms with van der Waals surface area (Å²) in [7, 11) is 0.